The van der Waals surface area contributed by atoms with Gasteiger partial charge in [-0.25, -0.2) is 17.9 Å². The van der Waals surface area contributed by atoms with Crippen LogP contribution in [0, 0.1) is 0 Å². The molecule has 26 heavy (non-hydrogen) atoms. The topological polar surface area (TPSA) is 92.8 Å². The third-order valence-electron chi connectivity index (χ3n) is 4.63. The number of rotatable bonds is 6. The van der Waals surface area contributed by atoms with E-state index in [-0.39, 0.29) is 29.4 Å². The number of hydrogen-bond donors (Lipinski definition) is 1. The van der Waals surface area contributed by atoms with Crippen molar-refractivity contribution in [3.05, 3.63) is 29.8 Å². The molecule has 1 heterocycles. The van der Waals surface area contributed by atoms with Gasteiger partial charge in [0.2, 0.25) is 10.0 Å². The summed E-state index contributed by atoms with van der Waals surface area (Å²) in [4.78, 5) is 26.6. The molecule has 1 aliphatic carbocycles. The minimum atomic E-state index is -3.54. The number of sulfonamides is 1. The number of hydrogen-bond acceptors (Lipinski definition) is 5. The predicted molar refractivity (Wildman–Crippen MR) is 95.1 cm³/mol. The molecule has 3 rings (SSSR count). The second-order valence-corrected chi connectivity index (χ2v) is 8.40. The number of ether oxygens (including phenoxy) is 1. The average Bonchev–Trinajstić information content (AvgIpc) is 3.45. The van der Waals surface area contributed by atoms with Crippen LogP contribution in [0.25, 0.3) is 0 Å². The van der Waals surface area contributed by atoms with Crippen LogP contribution in [0.4, 0.5) is 0 Å². The van der Waals surface area contributed by atoms with Crippen molar-refractivity contribution in [2.75, 3.05) is 13.2 Å². The van der Waals surface area contributed by atoms with E-state index in [2.05, 4.69) is 4.72 Å². The van der Waals surface area contributed by atoms with Gasteiger partial charge in [-0.3, -0.25) is 4.79 Å². The third-order valence-corrected chi connectivity index (χ3v) is 6.17. The summed E-state index contributed by atoms with van der Waals surface area (Å²) < 4.78 is 32.1. The maximum atomic E-state index is 12.8. The molecular weight excluding hydrogens is 356 g/mol. The minimum absolute atomic E-state index is 0.0278. The molecule has 1 aliphatic heterocycles. The summed E-state index contributed by atoms with van der Waals surface area (Å²) in [5, 5.41) is 0. The van der Waals surface area contributed by atoms with Crippen LogP contribution >= 0.6 is 0 Å². The third kappa shape index (κ3) is 4.24. The fraction of sp³-hybridized carbons (Fsp3) is 0.556. The molecule has 0 aromatic heterocycles. The van der Waals surface area contributed by atoms with E-state index in [9.17, 15) is 18.0 Å². The molecule has 1 saturated heterocycles. The first-order valence-corrected chi connectivity index (χ1v) is 10.5. The zero-order valence-electron chi connectivity index (χ0n) is 14.8. The number of nitrogens with zero attached hydrogens (tertiary/aromatic N) is 1. The Hall–Kier alpha value is -1.93. The first kappa shape index (κ1) is 18.8. The molecule has 1 aromatic carbocycles. The monoisotopic (exact) mass is 380 g/mol. The lowest BCUT2D eigenvalue weighted by Crippen LogP contribution is -2.48. The van der Waals surface area contributed by atoms with E-state index >= 15 is 0 Å². The molecule has 1 aromatic rings. The molecule has 1 amide bonds. The molecule has 1 unspecified atom stereocenters. The first-order valence-electron chi connectivity index (χ1n) is 9.02. The predicted octanol–water partition coefficient (Wildman–Crippen LogP) is 1.69. The number of piperidine rings is 1. The van der Waals surface area contributed by atoms with E-state index in [1.165, 1.54) is 29.2 Å². The summed E-state index contributed by atoms with van der Waals surface area (Å²) in [5.41, 5.74) is 0.367. The van der Waals surface area contributed by atoms with Gasteiger partial charge in [0.05, 0.1) is 11.5 Å². The van der Waals surface area contributed by atoms with Gasteiger partial charge in [0.15, 0.2) is 0 Å². The number of benzene rings is 1. The minimum Gasteiger partial charge on any atom is -0.464 e. The molecule has 7 nitrogen and oxygen atoms in total. The number of carbonyl (C=O) groups excluding carboxylic acids is 2. The molecule has 1 saturated carbocycles. The second-order valence-electron chi connectivity index (χ2n) is 6.68. The number of carbonyl (C=O) groups is 2. The van der Waals surface area contributed by atoms with Crippen LogP contribution in [0.1, 0.15) is 49.4 Å². The Bertz CT molecular complexity index is 771. The van der Waals surface area contributed by atoms with Crippen LogP contribution in [-0.2, 0) is 19.6 Å². The maximum Gasteiger partial charge on any atom is 0.328 e. The van der Waals surface area contributed by atoms with Crippen LogP contribution in [0.15, 0.2) is 29.2 Å². The number of esters is 1. The molecule has 8 heteroatoms. The summed E-state index contributed by atoms with van der Waals surface area (Å²) in [6.07, 6.45) is 4.01. The Morgan fingerprint density at radius 2 is 1.85 bits per heavy atom. The van der Waals surface area contributed by atoms with Gasteiger partial charge in [-0.2, -0.15) is 0 Å². The van der Waals surface area contributed by atoms with Crippen LogP contribution in [-0.4, -0.2) is 50.4 Å². The van der Waals surface area contributed by atoms with Crippen LogP contribution in [0.2, 0.25) is 0 Å². The van der Waals surface area contributed by atoms with Crippen molar-refractivity contribution < 1.29 is 22.7 Å². The summed E-state index contributed by atoms with van der Waals surface area (Å²) >= 11 is 0. The molecule has 2 fully saturated rings. The van der Waals surface area contributed by atoms with Crippen LogP contribution in [0.3, 0.4) is 0 Å². The SMILES string of the molecule is CCOC(=O)C1CCCCN1C(=O)c1ccc(S(=O)(=O)NC2CC2)cc1. The smallest absolute Gasteiger partial charge is 0.328 e. The second kappa shape index (κ2) is 7.75. The van der Waals surface area contributed by atoms with Gasteiger partial charge in [0, 0.05) is 18.2 Å². The van der Waals surface area contributed by atoms with Gasteiger partial charge in [-0.05, 0) is 63.3 Å². The van der Waals surface area contributed by atoms with Crippen LogP contribution in [0.5, 0.6) is 0 Å². The van der Waals surface area contributed by atoms with Crippen LogP contribution < -0.4 is 4.72 Å². The standard InChI is InChI=1S/C18H24N2O5S/c1-2-25-18(22)16-5-3-4-12-20(16)17(21)13-6-10-15(11-7-13)26(23,24)19-14-8-9-14/h6-7,10-11,14,16,19H,2-5,8-9,12H2,1H3. The quantitative estimate of drug-likeness (QED) is 0.758. The molecule has 0 radical (unpaired) electrons. The van der Waals surface area contributed by atoms with Gasteiger partial charge < -0.3 is 9.64 Å². The summed E-state index contributed by atoms with van der Waals surface area (Å²) in [6.45, 7) is 2.51. The van der Waals surface area contributed by atoms with Crippen molar-refractivity contribution in [3.8, 4) is 0 Å². The van der Waals surface area contributed by atoms with Crippen molar-refractivity contribution in [1.29, 1.82) is 0 Å². The molecule has 2 aliphatic rings. The largest absolute Gasteiger partial charge is 0.464 e. The van der Waals surface area contributed by atoms with Crippen molar-refractivity contribution in [3.63, 3.8) is 0 Å². The Balaban J connectivity index is 1.74. The number of amides is 1. The fourth-order valence-electron chi connectivity index (χ4n) is 3.09. The molecular formula is C18H24N2O5S. The molecule has 1 atom stereocenters. The lowest BCUT2D eigenvalue weighted by Gasteiger charge is -2.34. The highest BCUT2D eigenvalue weighted by Crippen LogP contribution is 2.24. The van der Waals surface area contributed by atoms with Gasteiger partial charge in [0.25, 0.3) is 5.91 Å². The summed E-state index contributed by atoms with van der Waals surface area (Å²) in [5.74, 6) is -0.657. The van der Waals surface area contributed by atoms with E-state index in [0.717, 1.165) is 25.7 Å². The molecule has 1 N–H and O–H groups in total. The molecule has 142 valence electrons. The van der Waals surface area contributed by atoms with E-state index in [4.69, 9.17) is 4.74 Å². The van der Waals surface area contributed by atoms with E-state index in [0.29, 0.717) is 18.5 Å². The van der Waals surface area contributed by atoms with E-state index in [1.807, 2.05) is 0 Å². The van der Waals surface area contributed by atoms with Crippen molar-refractivity contribution >= 4 is 21.9 Å². The zero-order valence-corrected chi connectivity index (χ0v) is 15.6. The normalized spacial score (nSPS) is 20.7. The number of likely N-dealkylation sites (tertiary alicyclic amines) is 1. The Morgan fingerprint density at radius 3 is 2.46 bits per heavy atom. The summed E-state index contributed by atoms with van der Waals surface area (Å²) in [7, 11) is -3.54. The highest BCUT2D eigenvalue weighted by atomic mass is 32.2. The van der Waals surface area contributed by atoms with Gasteiger partial charge >= 0.3 is 5.97 Å². The fourth-order valence-corrected chi connectivity index (χ4v) is 4.39. The van der Waals surface area contributed by atoms with Crippen molar-refractivity contribution in [2.24, 2.45) is 0 Å². The highest BCUT2D eigenvalue weighted by molar-refractivity contribution is 7.89. The Kier molecular flexibility index (Phi) is 5.62. The summed E-state index contributed by atoms with van der Waals surface area (Å²) in [6, 6.07) is 5.32. The Labute approximate surface area is 153 Å². The molecule has 0 bridgehead atoms. The number of nitrogens with one attached hydrogen (secondary N) is 1. The first-order chi connectivity index (χ1) is 12.4. The van der Waals surface area contributed by atoms with Crippen molar-refractivity contribution in [1.82, 2.24) is 9.62 Å². The van der Waals surface area contributed by atoms with Gasteiger partial charge in [0.1, 0.15) is 6.04 Å². The lowest BCUT2D eigenvalue weighted by molar-refractivity contribution is -0.149. The molecule has 0 spiro atoms. The van der Waals surface area contributed by atoms with E-state index in [1.54, 1.807) is 6.92 Å². The van der Waals surface area contributed by atoms with Gasteiger partial charge in [-0.15, -0.1) is 0 Å². The Morgan fingerprint density at radius 1 is 1.15 bits per heavy atom. The van der Waals surface area contributed by atoms with Crippen molar-refractivity contribution in [2.45, 2.75) is 56.0 Å². The van der Waals surface area contributed by atoms with Gasteiger partial charge in [-0.1, -0.05) is 0 Å². The lowest BCUT2D eigenvalue weighted by atomic mass is 10.0. The maximum absolute atomic E-state index is 12.8. The average molecular weight is 380 g/mol. The zero-order chi connectivity index (χ0) is 18.7. The van der Waals surface area contributed by atoms with E-state index < -0.39 is 16.1 Å². The highest BCUT2D eigenvalue weighted by Gasteiger charge is 2.34.